The van der Waals surface area contributed by atoms with E-state index in [1.807, 2.05) is 4.90 Å². The van der Waals surface area contributed by atoms with Gasteiger partial charge in [0.05, 0.1) is 13.2 Å². The maximum atomic E-state index is 12.6. The van der Waals surface area contributed by atoms with Crippen LogP contribution in [-0.2, 0) is 14.3 Å². The molecule has 2 saturated heterocycles. The van der Waals surface area contributed by atoms with Gasteiger partial charge >= 0.3 is 11.8 Å². The van der Waals surface area contributed by atoms with E-state index in [0.717, 1.165) is 58.7 Å². The van der Waals surface area contributed by atoms with Crippen molar-refractivity contribution >= 4 is 11.8 Å². The SMILES string of the molecule is CC1(C)CC2CC(C)(CN2C(=O)C(=O)NCCN2CCOCC2)C1. The highest BCUT2D eigenvalue weighted by atomic mass is 16.5. The minimum Gasteiger partial charge on any atom is -0.379 e. The summed E-state index contributed by atoms with van der Waals surface area (Å²) in [5.74, 6) is -0.791. The van der Waals surface area contributed by atoms with Crippen LogP contribution in [0, 0.1) is 10.8 Å². The Hall–Kier alpha value is -1.14. The lowest BCUT2D eigenvalue weighted by Crippen LogP contribution is -2.48. The van der Waals surface area contributed by atoms with Gasteiger partial charge < -0.3 is 15.0 Å². The van der Waals surface area contributed by atoms with Crippen LogP contribution in [0.15, 0.2) is 0 Å². The van der Waals surface area contributed by atoms with Gasteiger partial charge in [0.2, 0.25) is 0 Å². The molecule has 2 amide bonds. The normalized spacial score (nSPS) is 32.6. The summed E-state index contributed by atoms with van der Waals surface area (Å²) >= 11 is 0. The van der Waals surface area contributed by atoms with Gasteiger partial charge in [0.1, 0.15) is 0 Å². The first-order valence-corrected chi connectivity index (χ1v) is 9.17. The largest absolute Gasteiger partial charge is 0.379 e. The van der Waals surface area contributed by atoms with Crippen LogP contribution in [0.5, 0.6) is 0 Å². The molecule has 1 N–H and O–H groups in total. The lowest BCUT2D eigenvalue weighted by atomic mass is 9.65. The Morgan fingerprint density at radius 1 is 1.17 bits per heavy atom. The third-order valence-corrected chi connectivity index (χ3v) is 5.69. The molecule has 2 aliphatic heterocycles. The van der Waals surface area contributed by atoms with Crippen molar-refractivity contribution in [2.75, 3.05) is 45.9 Å². The second-order valence-corrected chi connectivity index (χ2v) is 8.86. The molecule has 1 aliphatic carbocycles. The molecule has 1 saturated carbocycles. The Kier molecular flexibility index (Phi) is 4.89. The van der Waals surface area contributed by atoms with Gasteiger partial charge in [-0.2, -0.15) is 0 Å². The first-order valence-electron chi connectivity index (χ1n) is 9.17. The number of amides is 2. The average molecular weight is 337 g/mol. The smallest absolute Gasteiger partial charge is 0.312 e. The number of carbonyl (C=O) groups is 2. The van der Waals surface area contributed by atoms with Gasteiger partial charge in [-0.25, -0.2) is 0 Å². The van der Waals surface area contributed by atoms with Gasteiger partial charge in [0.25, 0.3) is 0 Å². The van der Waals surface area contributed by atoms with E-state index < -0.39 is 5.91 Å². The quantitative estimate of drug-likeness (QED) is 0.776. The molecule has 3 rings (SSSR count). The highest BCUT2D eigenvalue weighted by Crippen LogP contribution is 2.52. The van der Waals surface area contributed by atoms with Crippen LogP contribution in [-0.4, -0.2) is 73.6 Å². The number of nitrogens with zero attached hydrogens (tertiary/aromatic N) is 2. The molecule has 3 fully saturated rings. The van der Waals surface area contributed by atoms with Crippen LogP contribution in [0.25, 0.3) is 0 Å². The Balaban J connectivity index is 1.50. The Morgan fingerprint density at radius 2 is 1.88 bits per heavy atom. The molecule has 2 bridgehead atoms. The highest BCUT2D eigenvalue weighted by Gasteiger charge is 2.51. The van der Waals surface area contributed by atoms with Crippen LogP contribution < -0.4 is 5.32 Å². The third-order valence-electron chi connectivity index (χ3n) is 5.69. The van der Waals surface area contributed by atoms with Crippen molar-refractivity contribution < 1.29 is 14.3 Å². The van der Waals surface area contributed by atoms with E-state index in [9.17, 15) is 9.59 Å². The summed E-state index contributed by atoms with van der Waals surface area (Å²) in [4.78, 5) is 29.0. The topological polar surface area (TPSA) is 61.9 Å². The summed E-state index contributed by atoms with van der Waals surface area (Å²) in [6.45, 7) is 12.1. The fourth-order valence-electron chi connectivity index (χ4n) is 5.06. The Labute approximate surface area is 144 Å². The van der Waals surface area contributed by atoms with Gasteiger partial charge in [-0.1, -0.05) is 20.8 Å². The predicted octanol–water partition coefficient (Wildman–Crippen LogP) is 0.862. The van der Waals surface area contributed by atoms with E-state index in [-0.39, 0.29) is 22.8 Å². The molecule has 6 nitrogen and oxygen atoms in total. The molecule has 0 aromatic rings. The van der Waals surface area contributed by atoms with Crippen molar-refractivity contribution in [3.63, 3.8) is 0 Å². The lowest BCUT2D eigenvalue weighted by molar-refractivity contribution is -0.146. The standard InChI is InChI=1S/C18H31N3O3/c1-17(2)10-14-11-18(3,12-17)13-21(14)16(23)15(22)19-4-5-20-6-8-24-9-7-20/h14H,4-13H2,1-3H3,(H,19,22). The van der Waals surface area contributed by atoms with Crippen molar-refractivity contribution in [2.45, 2.75) is 46.1 Å². The maximum Gasteiger partial charge on any atom is 0.312 e. The molecule has 2 heterocycles. The van der Waals surface area contributed by atoms with Gasteiger partial charge in [-0.3, -0.25) is 14.5 Å². The average Bonchev–Trinajstić information content (AvgIpc) is 2.76. The molecule has 0 aromatic heterocycles. The minimum absolute atomic E-state index is 0.163. The number of hydrogen-bond acceptors (Lipinski definition) is 4. The molecule has 136 valence electrons. The Morgan fingerprint density at radius 3 is 2.58 bits per heavy atom. The van der Waals surface area contributed by atoms with Crippen molar-refractivity contribution in [1.29, 1.82) is 0 Å². The number of nitrogens with one attached hydrogen (secondary N) is 1. The number of rotatable bonds is 3. The zero-order chi connectivity index (χ0) is 17.4. The van der Waals surface area contributed by atoms with Gasteiger partial charge in [0.15, 0.2) is 0 Å². The van der Waals surface area contributed by atoms with Crippen molar-refractivity contribution in [3.8, 4) is 0 Å². The number of morpholine rings is 1. The van der Waals surface area contributed by atoms with Crippen molar-refractivity contribution in [1.82, 2.24) is 15.1 Å². The zero-order valence-corrected chi connectivity index (χ0v) is 15.3. The predicted molar refractivity (Wildman–Crippen MR) is 91.5 cm³/mol. The number of fused-ring (bicyclic) bond motifs is 2. The van der Waals surface area contributed by atoms with E-state index in [2.05, 4.69) is 31.0 Å². The van der Waals surface area contributed by atoms with Gasteiger partial charge in [-0.15, -0.1) is 0 Å². The molecule has 0 aromatic carbocycles. The molecule has 6 heteroatoms. The second-order valence-electron chi connectivity index (χ2n) is 8.86. The first kappa shape index (κ1) is 17.7. The summed E-state index contributed by atoms with van der Waals surface area (Å²) in [6, 6.07) is 0.219. The molecule has 24 heavy (non-hydrogen) atoms. The summed E-state index contributed by atoms with van der Waals surface area (Å²) in [5, 5.41) is 2.81. The monoisotopic (exact) mass is 337 g/mol. The van der Waals surface area contributed by atoms with Crippen molar-refractivity contribution in [2.24, 2.45) is 10.8 Å². The summed E-state index contributed by atoms with van der Waals surface area (Å²) in [6.07, 6.45) is 3.15. The summed E-state index contributed by atoms with van der Waals surface area (Å²) in [5.41, 5.74) is 0.412. The summed E-state index contributed by atoms with van der Waals surface area (Å²) < 4.78 is 5.31. The van der Waals surface area contributed by atoms with Crippen molar-refractivity contribution in [3.05, 3.63) is 0 Å². The number of carbonyl (C=O) groups excluding carboxylic acids is 2. The first-order chi connectivity index (χ1) is 11.3. The van der Waals surface area contributed by atoms with E-state index >= 15 is 0 Å². The molecule has 0 radical (unpaired) electrons. The highest BCUT2D eigenvalue weighted by molar-refractivity contribution is 6.35. The molecule has 2 atom stereocenters. The van der Waals surface area contributed by atoms with Crippen LogP contribution in [0.4, 0.5) is 0 Å². The van der Waals surface area contributed by atoms with Gasteiger partial charge in [0, 0.05) is 38.8 Å². The minimum atomic E-state index is -0.447. The number of ether oxygens (including phenoxy) is 1. The van der Waals surface area contributed by atoms with E-state index in [1.54, 1.807) is 0 Å². The molecule has 2 unspecified atom stereocenters. The van der Waals surface area contributed by atoms with Gasteiger partial charge in [-0.05, 0) is 30.1 Å². The van der Waals surface area contributed by atoms with Crippen LogP contribution in [0.3, 0.4) is 0 Å². The summed E-state index contributed by atoms with van der Waals surface area (Å²) in [7, 11) is 0. The van der Waals surface area contributed by atoms with E-state index in [1.165, 1.54) is 0 Å². The number of hydrogen-bond donors (Lipinski definition) is 1. The van der Waals surface area contributed by atoms with E-state index in [4.69, 9.17) is 4.74 Å². The molecule has 0 spiro atoms. The zero-order valence-electron chi connectivity index (χ0n) is 15.3. The number of likely N-dealkylation sites (tertiary alicyclic amines) is 1. The fraction of sp³-hybridized carbons (Fsp3) is 0.889. The lowest BCUT2D eigenvalue weighted by Gasteiger charge is -2.39. The molecular formula is C18H31N3O3. The Bertz CT molecular complexity index is 502. The van der Waals surface area contributed by atoms with Crippen LogP contribution >= 0.6 is 0 Å². The second kappa shape index (κ2) is 6.64. The molecule has 3 aliphatic rings. The fourth-order valence-corrected chi connectivity index (χ4v) is 5.06. The molecular weight excluding hydrogens is 306 g/mol. The van der Waals surface area contributed by atoms with Crippen LogP contribution in [0.2, 0.25) is 0 Å². The van der Waals surface area contributed by atoms with Crippen LogP contribution in [0.1, 0.15) is 40.0 Å². The third kappa shape index (κ3) is 3.91. The maximum absolute atomic E-state index is 12.6. The van der Waals surface area contributed by atoms with E-state index in [0.29, 0.717) is 6.54 Å².